The Morgan fingerprint density at radius 1 is 1.40 bits per heavy atom. The van der Waals surface area contributed by atoms with Gasteiger partial charge in [0.2, 0.25) is 10.0 Å². The number of rotatable bonds is 5. The van der Waals surface area contributed by atoms with Crippen molar-refractivity contribution in [2.24, 2.45) is 11.7 Å². The lowest BCUT2D eigenvalue weighted by Crippen LogP contribution is -2.40. The molecular weight excluding hydrogens is 276 g/mol. The number of hydrogen-bond donors (Lipinski definition) is 1. The van der Waals surface area contributed by atoms with Crippen LogP contribution in [0.4, 0.5) is 0 Å². The number of benzene rings is 1. The van der Waals surface area contributed by atoms with Crippen molar-refractivity contribution in [3.63, 3.8) is 0 Å². The number of nitrogens with zero attached hydrogens (tertiary/aromatic N) is 1. The monoisotopic (exact) mass is 298 g/mol. The highest BCUT2D eigenvalue weighted by Crippen LogP contribution is 2.30. The van der Waals surface area contributed by atoms with Crippen LogP contribution >= 0.6 is 0 Å². The highest BCUT2D eigenvalue weighted by Gasteiger charge is 2.31. The van der Waals surface area contributed by atoms with Crippen LogP contribution < -0.4 is 10.5 Å². The first kappa shape index (κ1) is 15.3. The molecule has 0 aromatic heterocycles. The third-order valence-electron chi connectivity index (χ3n) is 3.74. The molecule has 5 nitrogen and oxygen atoms in total. The van der Waals surface area contributed by atoms with Gasteiger partial charge in [-0.3, -0.25) is 0 Å². The van der Waals surface area contributed by atoms with Gasteiger partial charge in [-0.15, -0.1) is 0 Å². The Kier molecular flexibility index (Phi) is 5.01. The Morgan fingerprint density at radius 2 is 2.15 bits per heavy atom. The minimum atomic E-state index is -3.49. The quantitative estimate of drug-likeness (QED) is 0.893. The normalized spacial score (nSPS) is 20.8. The second kappa shape index (κ2) is 6.56. The summed E-state index contributed by atoms with van der Waals surface area (Å²) in [5, 5.41) is 0. The number of sulfonamides is 1. The lowest BCUT2D eigenvalue weighted by molar-refractivity contribution is 0.257. The molecule has 1 fully saturated rings. The van der Waals surface area contributed by atoms with Crippen LogP contribution in [-0.2, 0) is 10.0 Å². The molecule has 0 spiro atoms. The number of para-hydroxylation sites is 1. The van der Waals surface area contributed by atoms with Gasteiger partial charge in [-0.1, -0.05) is 12.1 Å². The maximum Gasteiger partial charge on any atom is 0.246 e. The van der Waals surface area contributed by atoms with E-state index in [1.165, 1.54) is 7.11 Å². The van der Waals surface area contributed by atoms with Gasteiger partial charge >= 0.3 is 0 Å². The van der Waals surface area contributed by atoms with Crippen LogP contribution in [0, 0.1) is 5.92 Å². The van der Waals surface area contributed by atoms with Gasteiger partial charge in [0.05, 0.1) is 7.11 Å². The first-order chi connectivity index (χ1) is 9.59. The number of piperidine rings is 1. The highest BCUT2D eigenvalue weighted by atomic mass is 32.2. The molecule has 0 amide bonds. The van der Waals surface area contributed by atoms with Crippen molar-refractivity contribution < 1.29 is 13.2 Å². The number of methoxy groups -OCH3 is 1. The molecule has 2 N–H and O–H groups in total. The maximum atomic E-state index is 12.7. The van der Waals surface area contributed by atoms with Crippen LogP contribution in [0.3, 0.4) is 0 Å². The largest absolute Gasteiger partial charge is 0.495 e. The number of hydrogen-bond acceptors (Lipinski definition) is 4. The van der Waals surface area contributed by atoms with Crippen LogP contribution in [0.2, 0.25) is 0 Å². The standard InChI is InChI=1S/C14H22N2O3S/c1-19-13-6-2-3-7-14(13)20(17,18)16-10-4-5-12(11-16)8-9-15/h2-3,6-7,12H,4-5,8-11,15H2,1H3. The Hall–Kier alpha value is -1.11. The van der Waals surface area contributed by atoms with Crippen LogP contribution in [-0.4, -0.2) is 39.5 Å². The van der Waals surface area contributed by atoms with Crippen LogP contribution in [0.15, 0.2) is 29.2 Å². The lowest BCUT2D eigenvalue weighted by Gasteiger charge is -2.32. The van der Waals surface area contributed by atoms with Gasteiger partial charge in [0.1, 0.15) is 10.6 Å². The smallest absolute Gasteiger partial charge is 0.246 e. The number of ether oxygens (including phenoxy) is 1. The maximum absolute atomic E-state index is 12.7. The Bertz CT molecular complexity index is 543. The van der Waals surface area contributed by atoms with E-state index in [2.05, 4.69) is 0 Å². The fraction of sp³-hybridized carbons (Fsp3) is 0.571. The summed E-state index contributed by atoms with van der Waals surface area (Å²) in [4.78, 5) is 0.246. The predicted molar refractivity (Wildman–Crippen MR) is 78.1 cm³/mol. The van der Waals surface area contributed by atoms with Crippen molar-refractivity contribution in [1.29, 1.82) is 0 Å². The summed E-state index contributed by atoms with van der Waals surface area (Å²) in [6, 6.07) is 6.76. The molecule has 20 heavy (non-hydrogen) atoms. The summed E-state index contributed by atoms with van der Waals surface area (Å²) in [7, 11) is -2.00. The molecule has 0 saturated carbocycles. The van der Waals surface area contributed by atoms with Crippen molar-refractivity contribution in [1.82, 2.24) is 4.31 Å². The molecule has 112 valence electrons. The predicted octanol–water partition coefficient (Wildman–Crippen LogP) is 1.44. The highest BCUT2D eigenvalue weighted by molar-refractivity contribution is 7.89. The molecule has 0 radical (unpaired) electrons. The van der Waals surface area contributed by atoms with Crippen LogP contribution in [0.25, 0.3) is 0 Å². The van der Waals surface area contributed by atoms with E-state index >= 15 is 0 Å². The zero-order valence-corrected chi connectivity index (χ0v) is 12.6. The molecule has 1 aromatic rings. The van der Waals surface area contributed by atoms with Crippen molar-refractivity contribution in [2.75, 3.05) is 26.7 Å². The molecule has 1 aliphatic rings. The average Bonchev–Trinajstić information content (AvgIpc) is 2.48. The zero-order valence-electron chi connectivity index (χ0n) is 11.8. The van der Waals surface area contributed by atoms with E-state index in [1.54, 1.807) is 28.6 Å². The third kappa shape index (κ3) is 3.13. The second-order valence-corrected chi connectivity index (χ2v) is 7.01. The Labute approximate surface area is 120 Å². The van der Waals surface area contributed by atoms with Gasteiger partial charge in [-0.2, -0.15) is 4.31 Å². The molecule has 1 aromatic carbocycles. The molecule has 1 heterocycles. The van der Waals surface area contributed by atoms with E-state index in [0.717, 1.165) is 19.3 Å². The summed E-state index contributed by atoms with van der Waals surface area (Å²) in [6.07, 6.45) is 2.81. The SMILES string of the molecule is COc1ccccc1S(=O)(=O)N1CCCC(CCN)C1. The van der Waals surface area contributed by atoms with Crippen LogP contribution in [0.5, 0.6) is 5.75 Å². The van der Waals surface area contributed by atoms with E-state index in [1.807, 2.05) is 0 Å². The Morgan fingerprint density at radius 3 is 2.85 bits per heavy atom. The summed E-state index contributed by atoms with van der Waals surface area (Å²) in [5.74, 6) is 0.756. The topological polar surface area (TPSA) is 72.6 Å². The van der Waals surface area contributed by atoms with Gasteiger partial charge in [-0.05, 0) is 43.9 Å². The van der Waals surface area contributed by atoms with Gasteiger partial charge in [-0.25, -0.2) is 8.42 Å². The first-order valence-electron chi connectivity index (χ1n) is 6.93. The minimum Gasteiger partial charge on any atom is -0.495 e. The van der Waals surface area contributed by atoms with Crippen molar-refractivity contribution in [3.8, 4) is 5.75 Å². The molecular formula is C14H22N2O3S. The van der Waals surface area contributed by atoms with E-state index in [0.29, 0.717) is 31.3 Å². The fourth-order valence-corrected chi connectivity index (χ4v) is 4.40. The van der Waals surface area contributed by atoms with E-state index in [-0.39, 0.29) is 4.90 Å². The van der Waals surface area contributed by atoms with Crippen LogP contribution in [0.1, 0.15) is 19.3 Å². The zero-order chi connectivity index (χ0) is 14.6. The molecule has 1 saturated heterocycles. The van der Waals surface area contributed by atoms with Gasteiger partial charge in [0.25, 0.3) is 0 Å². The summed E-state index contributed by atoms with van der Waals surface area (Å²) in [5.41, 5.74) is 5.58. The summed E-state index contributed by atoms with van der Waals surface area (Å²) >= 11 is 0. The Balaban J connectivity index is 2.25. The van der Waals surface area contributed by atoms with E-state index in [4.69, 9.17) is 10.5 Å². The van der Waals surface area contributed by atoms with Gasteiger partial charge in [0, 0.05) is 13.1 Å². The molecule has 2 rings (SSSR count). The molecule has 0 bridgehead atoms. The first-order valence-corrected chi connectivity index (χ1v) is 8.37. The van der Waals surface area contributed by atoms with Gasteiger partial charge in [0.15, 0.2) is 0 Å². The summed E-state index contributed by atoms with van der Waals surface area (Å²) < 4.78 is 32.2. The van der Waals surface area contributed by atoms with E-state index in [9.17, 15) is 8.42 Å². The lowest BCUT2D eigenvalue weighted by atomic mass is 9.96. The molecule has 6 heteroatoms. The minimum absolute atomic E-state index is 0.246. The second-order valence-electron chi connectivity index (χ2n) is 5.10. The molecule has 1 atom stereocenters. The third-order valence-corrected chi connectivity index (χ3v) is 5.65. The summed E-state index contributed by atoms with van der Waals surface area (Å²) in [6.45, 7) is 1.73. The van der Waals surface area contributed by atoms with Gasteiger partial charge < -0.3 is 10.5 Å². The molecule has 1 unspecified atom stereocenters. The molecule has 0 aliphatic carbocycles. The van der Waals surface area contributed by atoms with Crippen molar-refractivity contribution >= 4 is 10.0 Å². The molecule has 1 aliphatic heterocycles. The average molecular weight is 298 g/mol. The van der Waals surface area contributed by atoms with E-state index < -0.39 is 10.0 Å². The van der Waals surface area contributed by atoms with Crippen molar-refractivity contribution in [3.05, 3.63) is 24.3 Å². The van der Waals surface area contributed by atoms with Crippen molar-refractivity contribution in [2.45, 2.75) is 24.2 Å². The number of nitrogens with two attached hydrogens (primary N) is 1. The fourth-order valence-electron chi connectivity index (χ4n) is 2.69.